The Balaban J connectivity index is 2.04. The molecule has 0 radical (unpaired) electrons. The molecule has 0 unspecified atom stereocenters. The third-order valence-corrected chi connectivity index (χ3v) is 4.13. The van der Waals surface area contributed by atoms with E-state index in [4.69, 9.17) is 10.7 Å². The number of hydrogen-bond acceptors (Lipinski definition) is 2. The molecule has 0 atom stereocenters. The van der Waals surface area contributed by atoms with Gasteiger partial charge in [0.05, 0.1) is 11.0 Å². The van der Waals surface area contributed by atoms with Crippen molar-refractivity contribution in [2.24, 2.45) is 12.8 Å². The van der Waals surface area contributed by atoms with Gasteiger partial charge in [-0.3, -0.25) is 0 Å². The zero-order chi connectivity index (χ0) is 15.0. The SMILES string of the molecule is Cc1ccc(C)c(Cc2nc3ccc(CN)cc3n2C)c1. The molecule has 1 aromatic heterocycles. The molecular formula is C18H21N3. The molecule has 0 amide bonds. The minimum atomic E-state index is 0.563. The van der Waals surface area contributed by atoms with Gasteiger partial charge in [-0.1, -0.05) is 29.8 Å². The molecule has 0 bridgehead atoms. The molecule has 3 aromatic rings. The van der Waals surface area contributed by atoms with Crippen LogP contribution in [0, 0.1) is 13.8 Å². The van der Waals surface area contributed by atoms with Gasteiger partial charge in [0, 0.05) is 20.0 Å². The van der Waals surface area contributed by atoms with Gasteiger partial charge in [-0.25, -0.2) is 4.98 Å². The molecule has 0 aliphatic rings. The van der Waals surface area contributed by atoms with E-state index in [0.717, 1.165) is 28.8 Å². The number of aromatic nitrogens is 2. The maximum Gasteiger partial charge on any atom is 0.114 e. The highest BCUT2D eigenvalue weighted by atomic mass is 15.1. The van der Waals surface area contributed by atoms with Gasteiger partial charge in [0.1, 0.15) is 5.82 Å². The molecule has 2 aromatic carbocycles. The van der Waals surface area contributed by atoms with Crippen molar-refractivity contribution in [2.45, 2.75) is 26.8 Å². The molecule has 0 saturated carbocycles. The van der Waals surface area contributed by atoms with Gasteiger partial charge in [0.25, 0.3) is 0 Å². The van der Waals surface area contributed by atoms with Crippen molar-refractivity contribution in [3.63, 3.8) is 0 Å². The fourth-order valence-electron chi connectivity index (χ4n) is 2.73. The highest BCUT2D eigenvalue weighted by molar-refractivity contribution is 5.77. The summed E-state index contributed by atoms with van der Waals surface area (Å²) >= 11 is 0. The lowest BCUT2D eigenvalue weighted by molar-refractivity contribution is 0.841. The Morgan fingerprint density at radius 1 is 1.10 bits per heavy atom. The lowest BCUT2D eigenvalue weighted by Gasteiger charge is -2.07. The van der Waals surface area contributed by atoms with Crippen molar-refractivity contribution in [3.8, 4) is 0 Å². The van der Waals surface area contributed by atoms with Crippen LogP contribution in [-0.4, -0.2) is 9.55 Å². The smallest absolute Gasteiger partial charge is 0.114 e. The van der Waals surface area contributed by atoms with Crippen LogP contribution in [0.5, 0.6) is 0 Å². The predicted molar refractivity (Wildman–Crippen MR) is 87.3 cm³/mol. The molecule has 3 rings (SSSR count). The van der Waals surface area contributed by atoms with Crippen molar-refractivity contribution in [2.75, 3.05) is 0 Å². The number of hydrogen-bond donors (Lipinski definition) is 1. The standard InChI is InChI=1S/C18H21N3/c1-12-4-5-13(2)15(8-12)10-18-20-16-7-6-14(11-19)9-17(16)21(18)3/h4-9H,10-11,19H2,1-3H3. The summed E-state index contributed by atoms with van der Waals surface area (Å²) in [4.78, 5) is 4.78. The number of imidazole rings is 1. The molecule has 1 heterocycles. The number of benzene rings is 2. The summed E-state index contributed by atoms with van der Waals surface area (Å²) in [5.41, 5.74) is 13.0. The summed E-state index contributed by atoms with van der Waals surface area (Å²) in [5.74, 6) is 1.09. The molecule has 0 aliphatic carbocycles. The normalized spacial score (nSPS) is 11.2. The van der Waals surface area contributed by atoms with Crippen LogP contribution >= 0.6 is 0 Å². The van der Waals surface area contributed by atoms with Gasteiger partial charge < -0.3 is 10.3 Å². The Morgan fingerprint density at radius 2 is 1.90 bits per heavy atom. The Morgan fingerprint density at radius 3 is 2.67 bits per heavy atom. The first-order chi connectivity index (χ1) is 10.1. The van der Waals surface area contributed by atoms with E-state index in [1.807, 2.05) is 0 Å². The van der Waals surface area contributed by atoms with Crippen LogP contribution in [-0.2, 0) is 20.0 Å². The van der Waals surface area contributed by atoms with Crippen molar-refractivity contribution in [1.29, 1.82) is 0 Å². The van der Waals surface area contributed by atoms with Gasteiger partial charge in [-0.05, 0) is 42.7 Å². The molecule has 0 fully saturated rings. The third-order valence-electron chi connectivity index (χ3n) is 4.13. The highest BCUT2D eigenvalue weighted by Gasteiger charge is 2.10. The lowest BCUT2D eigenvalue weighted by Crippen LogP contribution is -2.01. The molecule has 0 aliphatic heterocycles. The van der Waals surface area contributed by atoms with E-state index in [1.165, 1.54) is 16.7 Å². The Labute approximate surface area is 125 Å². The summed E-state index contributed by atoms with van der Waals surface area (Å²) < 4.78 is 2.18. The quantitative estimate of drug-likeness (QED) is 0.800. The van der Waals surface area contributed by atoms with E-state index >= 15 is 0 Å². The number of nitrogens with two attached hydrogens (primary N) is 1. The van der Waals surface area contributed by atoms with Crippen LogP contribution in [0.4, 0.5) is 0 Å². The Kier molecular flexibility index (Phi) is 3.52. The molecule has 0 spiro atoms. The first kappa shape index (κ1) is 13.8. The summed E-state index contributed by atoms with van der Waals surface area (Å²) in [5, 5.41) is 0. The van der Waals surface area contributed by atoms with E-state index in [9.17, 15) is 0 Å². The fourth-order valence-corrected chi connectivity index (χ4v) is 2.73. The minimum absolute atomic E-state index is 0.563. The Hall–Kier alpha value is -2.13. The summed E-state index contributed by atoms with van der Waals surface area (Å²) in [7, 11) is 2.08. The largest absolute Gasteiger partial charge is 0.331 e. The first-order valence-corrected chi connectivity index (χ1v) is 7.29. The molecule has 0 saturated heterocycles. The zero-order valence-electron chi connectivity index (χ0n) is 12.9. The molecule has 2 N–H and O–H groups in total. The second-order valence-electron chi connectivity index (χ2n) is 5.72. The van der Waals surface area contributed by atoms with Gasteiger partial charge in [-0.2, -0.15) is 0 Å². The van der Waals surface area contributed by atoms with Crippen LogP contribution in [0.1, 0.15) is 28.1 Å². The van der Waals surface area contributed by atoms with Crippen LogP contribution in [0.2, 0.25) is 0 Å². The average Bonchev–Trinajstić information content (AvgIpc) is 2.79. The van der Waals surface area contributed by atoms with Gasteiger partial charge in [0.2, 0.25) is 0 Å². The highest BCUT2D eigenvalue weighted by Crippen LogP contribution is 2.20. The number of fused-ring (bicyclic) bond motifs is 1. The summed E-state index contributed by atoms with van der Waals surface area (Å²) in [6.45, 7) is 4.85. The molecule has 3 heteroatoms. The lowest BCUT2D eigenvalue weighted by atomic mass is 10.0. The predicted octanol–water partition coefficient (Wildman–Crippen LogP) is 3.24. The van der Waals surface area contributed by atoms with E-state index in [1.54, 1.807) is 0 Å². The van der Waals surface area contributed by atoms with Crippen molar-refractivity contribution < 1.29 is 0 Å². The second-order valence-corrected chi connectivity index (χ2v) is 5.72. The molecule has 3 nitrogen and oxygen atoms in total. The van der Waals surface area contributed by atoms with Crippen LogP contribution in [0.3, 0.4) is 0 Å². The van der Waals surface area contributed by atoms with E-state index < -0.39 is 0 Å². The number of nitrogens with zero attached hydrogens (tertiary/aromatic N) is 2. The monoisotopic (exact) mass is 279 g/mol. The van der Waals surface area contributed by atoms with Crippen LogP contribution in [0.25, 0.3) is 11.0 Å². The number of aryl methyl sites for hydroxylation is 3. The summed E-state index contributed by atoms with van der Waals surface area (Å²) in [6.07, 6.45) is 0.858. The summed E-state index contributed by atoms with van der Waals surface area (Å²) in [6, 6.07) is 12.8. The van der Waals surface area contributed by atoms with E-state index in [0.29, 0.717) is 6.54 Å². The van der Waals surface area contributed by atoms with Crippen molar-refractivity contribution >= 4 is 11.0 Å². The zero-order valence-corrected chi connectivity index (χ0v) is 12.9. The number of rotatable bonds is 3. The molecule has 21 heavy (non-hydrogen) atoms. The van der Waals surface area contributed by atoms with E-state index in [2.05, 4.69) is 61.9 Å². The van der Waals surface area contributed by atoms with Crippen molar-refractivity contribution in [1.82, 2.24) is 9.55 Å². The Bertz CT molecular complexity index is 800. The van der Waals surface area contributed by atoms with Gasteiger partial charge in [-0.15, -0.1) is 0 Å². The topological polar surface area (TPSA) is 43.8 Å². The third kappa shape index (κ3) is 2.57. The van der Waals surface area contributed by atoms with Crippen molar-refractivity contribution in [3.05, 3.63) is 64.5 Å². The maximum absolute atomic E-state index is 5.73. The van der Waals surface area contributed by atoms with Crippen LogP contribution in [0.15, 0.2) is 36.4 Å². The molecular weight excluding hydrogens is 258 g/mol. The first-order valence-electron chi connectivity index (χ1n) is 7.29. The van der Waals surface area contributed by atoms with Crippen LogP contribution < -0.4 is 5.73 Å². The maximum atomic E-state index is 5.73. The average molecular weight is 279 g/mol. The van der Waals surface area contributed by atoms with E-state index in [-0.39, 0.29) is 0 Å². The van der Waals surface area contributed by atoms with Gasteiger partial charge >= 0.3 is 0 Å². The second kappa shape index (κ2) is 5.34. The minimum Gasteiger partial charge on any atom is -0.331 e. The fraction of sp³-hybridized carbons (Fsp3) is 0.278. The van der Waals surface area contributed by atoms with Gasteiger partial charge in [0.15, 0.2) is 0 Å². The molecule has 108 valence electrons.